The molecule has 3 atom stereocenters. The van der Waals surface area contributed by atoms with Gasteiger partial charge in [0.05, 0.1) is 5.92 Å². The molecule has 8 heteroatoms. The molecule has 1 aliphatic heterocycles. The lowest BCUT2D eigenvalue weighted by molar-refractivity contribution is -0.148. The second-order valence-electron chi connectivity index (χ2n) is 7.62. The van der Waals surface area contributed by atoms with Gasteiger partial charge in [0.1, 0.15) is 6.04 Å². The molecule has 2 rings (SSSR count). The molecule has 0 spiro atoms. The van der Waals surface area contributed by atoms with E-state index in [2.05, 4.69) is 5.32 Å². The van der Waals surface area contributed by atoms with Crippen molar-refractivity contribution in [3.05, 3.63) is 29.3 Å². The summed E-state index contributed by atoms with van der Waals surface area (Å²) >= 11 is 0. The molecule has 1 heterocycles. The van der Waals surface area contributed by atoms with Gasteiger partial charge in [0.15, 0.2) is 6.17 Å². The van der Waals surface area contributed by atoms with Gasteiger partial charge in [-0.1, -0.05) is 31.9 Å². The first kappa shape index (κ1) is 22.8. The zero-order valence-corrected chi connectivity index (χ0v) is 17.2. The van der Waals surface area contributed by atoms with Gasteiger partial charge in [0.2, 0.25) is 11.8 Å². The molecule has 7 nitrogen and oxygen atoms in total. The van der Waals surface area contributed by atoms with Crippen LogP contribution in [-0.4, -0.2) is 46.6 Å². The molecule has 0 aliphatic carbocycles. The fourth-order valence-corrected chi connectivity index (χ4v) is 3.67. The molecule has 1 aliphatic rings. The molecule has 1 saturated heterocycles. The molecule has 1 aromatic carbocycles. The summed E-state index contributed by atoms with van der Waals surface area (Å²) in [7, 11) is 0. The smallest absolute Gasteiger partial charge is 0.278 e. The molecule has 1 aromatic rings. The van der Waals surface area contributed by atoms with Gasteiger partial charge in [-0.25, -0.2) is 9.87 Å². The molecule has 1 fully saturated rings. The Morgan fingerprint density at radius 3 is 2.69 bits per heavy atom. The number of hydrogen-bond acceptors (Lipinski definition) is 4. The molecule has 0 radical (unpaired) electrons. The molecule has 3 amide bonds. The van der Waals surface area contributed by atoms with Crippen LogP contribution in [0, 0.1) is 19.8 Å². The Labute approximate surface area is 170 Å². The van der Waals surface area contributed by atoms with Crippen molar-refractivity contribution in [3.8, 4) is 0 Å². The normalized spacial score (nSPS) is 18.2. The van der Waals surface area contributed by atoms with E-state index in [1.54, 1.807) is 0 Å². The number of nitrogens with one attached hydrogen (secondary N) is 2. The van der Waals surface area contributed by atoms with Crippen LogP contribution >= 0.6 is 0 Å². The van der Waals surface area contributed by atoms with Crippen molar-refractivity contribution in [1.82, 2.24) is 10.4 Å². The van der Waals surface area contributed by atoms with Crippen LogP contribution in [0.15, 0.2) is 18.2 Å². The van der Waals surface area contributed by atoms with Gasteiger partial charge >= 0.3 is 0 Å². The van der Waals surface area contributed by atoms with Crippen LogP contribution in [0.1, 0.15) is 50.2 Å². The van der Waals surface area contributed by atoms with Crippen molar-refractivity contribution < 1.29 is 24.0 Å². The van der Waals surface area contributed by atoms with Crippen LogP contribution in [0.3, 0.4) is 0 Å². The average molecular weight is 407 g/mol. The lowest BCUT2D eigenvalue weighted by Crippen LogP contribution is -2.49. The Kier molecular flexibility index (Phi) is 8.13. The summed E-state index contributed by atoms with van der Waals surface area (Å²) in [6.07, 6.45) is 0.400. The van der Waals surface area contributed by atoms with Gasteiger partial charge in [0, 0.05) is 12.2 Å². The lowest BCUT2D eigenvalue weighted by Gasteiger charge is -2.29. The number of hydroxylamine groups is 1. The number of halogens is 1. The summed E-state index contributed by atoms with van der Waals surface area (Å²) in [5, 5.41) is 11.6. The number of carbonyl (C=O) groups excluding carboxylic acids is 3. The third-order valence-electron chi connectivity index (χ3n) is 5.39. The number of aryl methyl sites for hydroxylation is 2. The van der Waals surface area contributed by atoms with Crippen molar-refractivity contribution in [3.63, 3.8) is 0 Å². The summed E-state index contributed by atoms with van der Waals surface area (Å²) in [5.41, 5.74) is 3.87. The highest BCUT2D eigenvalue weighted by molar-refractivity contribution is 5.99. The number of nitrogens with zero attached hydrogens (tertiary/aromatic N) is 1. The van der Waals surface area contributed by atoms with Crippen molar-refractivity contribution in [2.24, 2.45) is 5.92 Å². The van der Waals surface area contributed by atoms with Crippen molar-refractivity contribution in [2.45, 2.75) is 65.1 Å². The number of likely N-dealkylation sites (tertiary alicyclic amines) is 1. The zero-order chi connectivity index (χ0) is 21.6. The van der Waals surface area contributed by atoms with Gasteiger partial charge in [-0.05, 0) is 50.3 Å². The molecule has 3 N–H and O–H groups in total. The van der Waals surface area contributed by atoms with Crippen molar-refractivity contribution >= 4 is 23.4 Å². The Morgan fingerprint density at radius 1 is 1.31 bits per heavy atom. The van der Waals surface area contributed by atoms with Crippen LogP contribution in [0.5, 0.6) is 0 Å². The number of rotatable bonds is 8. The highest BCUT2D eigenvalue weighted by Crippen LogP contribution is 2.27. The van der Waals surface area contributed by atoms with E-state index in [0.717, 1.165) is 17.5 Å². The molecule has 0 unspecified atom stereocenters. The minimum absolute atomic E-state index is 0.172. The Bertz CT molecular complexity index is 755. The van der Waals surface area contributed by atoms with Gasteiger partial charge in [0.25, 0.3) is 5.91 Å². The highest BCUT2D eigenvalue weighted by atomic mass is 19.1. The maximum atomic E-state index is 14.5. The van der Waals surface area contributed by atoms with Crippen molar-refractivity contribution in [2.75, 3.05) is 11.9 Å². The SMILES string of the molecule is CCCC[C@@H](C(=O)N1CCC[C@H]1C(=O)Nc1cc(C)ccc1C)[C@@H](F)C(=O)NO. The molecule has 29 heavy (non-hydrogen) atoms. The Morgan fingerprint density at radius 2 is 2.03 bits per heavy atom. The van der Waals surface area contributed by atoms with E-state index in [-0.39, 0.29) is 12.3 Å². The first-order valence-corrected chi connectivity index (χ1v) is 10.1. The van der Waals surface area contributed by atoms with E-state index in [4.69, 9.17) is 5.21 Å². The predicted octanol–water partition coefficient (Wildman–Crippen LogP) is 2.88. The topological polar surface area (TPSA) is 98.7 Å². The first-order chi connectivity index (χ1) is 13.8. The molecule has 0 saturated carbocycles. The number of anilines is 1. The first-order valence-electron chi connectivity index (χ1n) is 10.1. The van der Waals surface area contributed by atoms with Crippen LogP contribution in [0.2, 0.25) is 0 Å². The third kappa shape index (κ3) is 5.53. The summed E-state index contributed by atoms with van der Waals surface area (Å²) in [4.78, 5) is 38.9. The molecular weight excluding hydrogens is 377 g/mol. The van der Waals surface area contributed by atoms with E-state index >= 15 is 0 Å². The van der Waals surface area contributed by atoms with Gasteiger partial charge in [-0.15, -0.1) is 0 Å². The van der Waals surface area contributed by atoms with Gasteiger partial charge < -0.3 is 10.2 Å². The molecule has 0 aromatic heterocycles. The van der Waals surface area contributed by atoms with Gasteiger partial charge in [-0.2, -0.15) is 0 Å². The fourth-order valence-electron chi connectivity index (χ4n) is 3.67. The minimum Gasteiger partial charge on any atom is -0.330 e. The van der Waals surface area contributed by atoms with E-state index in [1.807, 2.05) is 39.0 Å². The maximum Gasteiger partial charge on any atom is 0.278 e. The highest BCUT2D eigenvalue weighted by Gasteiger charge is 2.41. The quantitative estimate of drug-likeness (QED) is 0.456. The largest absolute Gasteiger partial charge is 0.330 e. The van der Waals surface area contributed by atoms with Crippen LogP contribution in [0.4, 0.5) is 10.1 Å². The Balaban J connectivity index is 2.17. The molecular formula is C21H30FN3O4. The molecule has 160 valence electrons. The van der Waals surface area contributed by atoms with Crippen molar-refractivity contribution in [1.29, 1.82) is 0 Å². The Hall–Kier alpha value is -2.48. The monoisotopic (exact) mass is 407 g/mol. The van der Waals surface area contributed by atoms with E-state index in [0.29, 0.717) is 31.5 Å². The van der Waals surface area contributed by atoms with E-state index < -0.39 is 29.9 Å². The summed E-state index contributed by atoms with van der Waals surface area (Å²) in [6.45, 7) is 6.04. The standard InChI is InChI=1S/C21H30FN3O4/c1-4-5-7-15(18(22)20(27)24-29)21(28)25-11-6-8-17(25)19(26)23-16-12-13(2)9-10-14(16)3/h9-10,12,15,17-18,29H,4-8,11H2,1-3H3,(H,23,26)(H,24,27)/t15-,17+,18-/m1/s1. The predicted molar refractivity (Wildman–Crippen MR) is 107 cm³/mol. The van der Waals surface area contributed by atoms with Crippen LogP contribution < -0.4 is 10.8 Å². The molecule has 0 bridgehead atoms. The van der Waals surface area contributed by atoms with E-state index in [1.165, 1.54) is 10.4 Å². The zero-order valence-electron chi connectivity index (χ0n) is 17.2. The fraction of sp³-hybridized carbons (Fsp3) is 0.571. The van der Waals surface area contributed by atoms with Crippen LogP contribution in [0.25, 0.3) is 0 Å². The number of benzene rings is 1. The summed E-state index contributed by atoms with van der Waals surface area (Å²) in [5.74, 6) is -3.35. The average Bonchev–Trinajstić information content (AvgIpc) is 3.20. The van der Waals surface area contributed by atoms with E-state index in [9.17, 15) is 18.8 Å². The summed E-state index contributed by atoms with van der Waals surface area (Å²) < 4.78 is 14.5. The minimum atomic E-state index is -2.16. The number of carbonyl (C=O) groups is 3. The van der Waals surface area contributed by atoms with Crippen LogP contribution in [-0.2, 0) is 14.4 Å². The van der Waals surface area contributed by atoms with Gasteiger partial charge in [-0.3, -0.25) is 19.6 Å². The lowest BCUT2D eigenvalue weighted by atomic mass is 9.94. The summed E-state index contributed by atoms with van der Waals surface area (Å²) in [6, 6.07) is 5.00. The number of hydrogen-bond donors (Lipinski definition) is 3. The number of amides is 3. The third-order valence-corrected chi connectivity index (χ3v) is 5.39. The number of alkyl halides is 1. The maximum absolute atomic E-state index is 14.5. The number of unbranched alkanes of at least 4 members (excludes halogenated alkanes) is 1. The second-order valence-corrected chi connectivity index (χ2v) is 7.62. The second kappa shape index (κ2) is 10.3.